The number of nitrogens with zero attached hydrogens (tertiary/aromatic N) is 3. The van der Waals surface area contributed by atoms with Crippen LogP contribution in [0, 0.1) is 6.92 Å². The number of rotatable bonds is 3. The number of amides is 1. The van der Waals surface area contributed by atoms with E-state index in [9.17, 15) is 4.79 Å². The van der Waals surface area contributed by atoms with Crippen molar-refractivity contribution in [2.24, 2.45) is 0 Å². The van der Waals surface area contributed by atoms with Gasteiger partial charge >= 0.3 is 0 Å². The Labute approximate surface area is 103 Å². The zero-order chi connectivity index (χ0) is 12.4. The van der Waals surface area contributed by atoms with Gasteiger partial charge in [-0.1, -0.05) is 13.8 Å². The first-order valence-electron chi connectivity index (χ1n) is 5.22. The number of aromatic amines is 1. The molecule has 0 saturated carbocycles. The van der Waals surface area contributed by atoms with Crippen molar-refractivity contribution < 1.29 is 4.79 Å². The van der Waals surface area contributed by atoms with Gasteiger partial charge in [0.05, 0.1) is 0 Å². The molecule has 7 heteroatoms. The minimum Gasteiger partial charge on any atom is -0.295 e. The molecular weight excluding hydrogens is 238 g/mol. The maximum Gasteiger partial charge on any atom is 0.297 e. The van der Waals surface area contributed by atoms with Crippen LogP contribution in [0.4, 0.5) is 5.13 Å². The molecule has 0 spiro atoms. The number of hydrogen-bond donors (Lipinski definition) is 2. The van der Waals surface area contributed by atoms with Crippen molar-refractivity contribution in [3.8, 4) is 0 Å². The highest BCUT2D eigenvalue weighted by molar-refractivity contribution is 7.15. The lowest BCUT2D eigenvalue weighted by atomic mass is 10.2. The summed E-state index contributed by atoms with van der Waals surface area (Å²) >= 11 is 1.42. The van der Waals surface area contributed by atoms with Crippen LogP contribution in [0.3, 0.4) is 0 Å². The summed E-state index contributed by atoms with van der Waals surface area (Å²) in [6, 6.07) is 0. The normalized spacial score (nSPS) is 10.8. The van der Waals surface area contributed by atoms with Crippen LogP contribution in [-0.2, 0) is 0 Å². The Morgan fingerprint density at radius 3 is 2.82 bits per heavy atom. The van der Waals surface area contributed by atoms with Crippen molar-refractivity contribution in [1.82, 2.24) is 20.2 Å². The Hall–Kier alpha value is -1.76. The van der Waals surface area contributed by atoms with Gasteiger partial charge in [0.1, 0.15) is 5.82 Å². The molecule has 2 heterocycles. The van der Waals surface area contributed by atoms with Crippen molar-refractivity contribution in [2.45, 2.75) is 26.7 Å². The molecule has 2 aromatic heterocycles. The summed E-state index contributed by atoms with van der Waals surface area (Å²) in [5, 5.41) is 9.82. The first-order chi connectivity index (χ1) is 8.06. The third kappa shape index (κ3) is 2.68. The maximum atomic E-state index is 11.8. The molecule has 0 aliphatic rings. The Balaban J connectivity index is 2.09. The zero-order valence-corrected chi connectivity index (χ0v) is 10.6. The largest absolute Gasteiger partial charge is 0.297 e. The predicted molar refractivity (Wildman–Crippen MR) is 65.3 cm³/mol. The Morgan fingerprint density at radius 2 is 2.29 bits per heavy atom. The SMILES string of the molecule is Cc1cnc(NC(=O)c2n[nH]c(C(C)C)n2)s1. The summed E-state index contributed by atoms with van der Waals surface area (Å²) in [6.45, 7) is 5.88. The summed E-state index contributed by atoms with van der Waals surface area (Å²) in [6.07, 6.45) is 1.71. The minimum absolute atomic E-state index is 0.140. The Kier molecular flexibility index (Phi) is 3.19. The van der Waals surface area contributed by atoms with Crippen LogP contribution in [0.15, 0.2) is 6.20 Å². The maximum absolute atomic E-state index is 11.8. The molecule has 2 rings (SSSR count). The number of hydrogen-bond acceptors (Lipinski definition) is 5. The fraction of sp³-hybridized carbons (Fsp3) is 0.400. The summed E-state index contributed by atoms with van der Waals surface area (Å²) in [5.74, 6) is 0.709. The van der Waals surface area contributed by atoms with Crippen LogP contribution in [0.2, 0.25) is 0 Å². The lowest BCUT2D eigenvalue weighted by Crippen LogP contribution is -2.13. The van der Waals surface area contributed by atoms with Crippen LogP contribution in [-0.4, -0.2) is 26.1 Å². The summed E-state index contributed by atoms with van der Waals surface area (Å²) in [5.41, 5.74) is 0. The molecule has 0 radical (unpaired) electrons. The number of aryl methyl sites for hydroxylation is 1. The van der Waals surface area contributed by atoms with Gasteiger partial charge in [0.25, 0.3) is 5.91 Å². The Bertz CT molecular complexity index is 530. The number of carbonyl (C=O) groups is 1. The van der Waals surface area contributed by atoms with Gasteiger partial charge in [-0.2, -0.15) is 0 Å². The average Bonchev–Trinajstić information content (AvgIpc) is 2.86. The van der Waals surface area contributed by atoms with E-state index in [-0.39, 0.29) is 17.6 Å². The van der Waals surface area contributed by atoms with Gasteiger partial charge in [-0.25, -0.2) is 9.97 Å². The van der Waals surface area contributed by atoms with Crippen LogP contribution >= 0.6 is 11.3 Å². The van der Waals surface area contributed by atoms with Gasteiger partial charge in [-0.3, -0.25) is 15.2 Å². The molecule has 0 aliphatic carbocycles. The van der Waals surface area contributed by atoms with E-state index in [0.29, 0.717) is 11.0 Å². The molecule has 1 amide bonds. The average molecular weight is 251 g/mol. The molecule has 17 heavy (non-hydrogen) atoms. The summed E-state index contributed by atoms with van der Waals surface area (Å²) in [4.78, 5) is 21.0. The van der Waals surface area contributed by atoms with E-state index in [4.69, 9.17) is 0 Å². The van der Waals surface area contributed by atoms with Crippen molar-refractivity contribution in [3.05, 3.63) is 22.7 Å². The molecule has 2 N–H and O–H groups in total. The summed E-state index contributed by atoms with van der Waals surface area (Å²) in [7, 11) is 0. The standard InChI is InChI=1S/C10H13N5OS/c1-5(2)7-12-8(15-14-7)9(16)13-10-11-4-6(3)17-10/h4-5H,1-3H3,(H,11,13,16)(H,12,14,15). The van der Waals surface area contributed by atoms with Crippen LogP contribution in [0.1, 0.15) is 41.1 Å². The number of aromatic nitrogens is 4. The lowest BCUT2D eigenvalue weighted by molar-refractivity contribution is 0.101. The third-order valence-corrected chi connectivity index (χ3v) is 2.92. The minimum atomic E-state index is -0.345. The van der Waals surface area contributed by atoms with E-state index in [1.807, 2.05) is 20.8 Å². The molecule has 90 valence electrons. The highest BCUT2D eigenvalue weighted by atomic mass is 32.1. The second kappa shape index (κ2) is 4.62. The van der Waals surface area contributed by atoms with Crippen LogP contribution < -0.4 is 5.32 Å². The number of thiazole rings is 1. The fourth-order valence-electron chi connectivity index (χ4n) is 1.20. The van der Waals surface area contributed by atoms with Crippen LogP contribution in [0.5, 0.6) is 0 Å². The van der Waals surface area contributed by atoms with Gasteiger partial charge in [0, 0.05) is 17.0 Å². The lowest BCUT2D eigenvalue weighted by Gasteiger charge is -1.96. The van der Waals surface area contributed by atoms with Crippen molar-refractivity contribution in [3.63, 3.8) is 0 Å². The monoisotopic (exact) mass is 251 g/mol. The molecule has 0 unspecified atom stereocenters. The number of anilines is 1. The first kappa shape index (κ1) is 11.7. The third-order valence-electron chi connectivity index (χ3n) is 2.09. The van der Waals surface area contributed by atoms with Crippen molar-refractivity contribution in [1.29, 1.82) is 0 Å². The molecule has 2 aromatic rings. The highest BCUT2D eigenvalue weighted by Crippen LogP contribution is 2.17. The summed E-state index contributed by atoms with van der Waals surface area (Å²) < 4.78 is 0. The predicted octanol–water partition coefficient (Wildman–Crippen LogP) is 1.95. The first-order valence-corrected chi connectivity index (χ1v) is 6.04. The molecule has 0 atom stereocenters. The van der Waals surface area contributed by atoms with E-state index in [0.717, 1.165) is 4.88 Å². The van der Waals surface area contributed by atoms with Crippen molar-refractivity contribution >= 4 is 22.4 Å². The van der Waals surface area contributed by atoms with E-state index < -0.39 is 0 Å². The topological polar surface area (TPSA) is 83.6 Å². The van der Waals surface area contributed by atoms with Gasteiger partial charge < -0.3 is 0 Å². The van der Waals surface area contributed by atoms with Crippen molar-refractivity contribution in [2.75, 3.05) is 5.32 Å². The molecule has 6 nitrogen and oxygen atoms in total. The smallest absolute Gasteiger partial charge is 0.295 e. The molecule has 0 bridgehead atoms. The van der Waals surface area contributed by atoms with Gasteiger partial charge in [0.15, 0.2) is 5.13 Å². The highest BCUT2D eigenvalue weighted by Gasteiger charge is 2.15. The second-order valence-corrected chi connectivity index (χ2v) is 5.16. The number of nitrogens with one attached hydrogen (secondary N) is 2. The number of H-pyrrole nitrogens is 1. The Morgan fingerprint density at radius 1 is 1.53 bits per heavy atom. The van der Waals surface area contributed by atoms with E-state index in [1.54, 1.807) is 6.20 Å². The van der Waals surface area contributed by atoms with E-state index >= 15 is 0 Å². The molecule has 0 aromatic carbocycles. The molecule has 0 saturated heterocycles. The fourth-order valence-corrected chi connectivity index (χ4v) is 1.86. The quantitative estimate of drug-likeness (QED) is 0.873. The van der Waals surface area contributed by atoms with E-state index in [1.165, 1.54) is 11.3 Å². The van der Waals surface area contributed by atoms with Gasteiger partial charge in [0.2, 0.25) is 5.82 Å². The number of carbonyl (C=O) groups excluding carboxylic acids is 1. The van der Waals surface area contributed by atoms with Crippen LogP contribution in [0.25, 0.3) is 0 Å². The van der Waals surface area contributed by atoms with Gasteiger partial charge in [-0.05, 0) is 6.92 Å². The molecular formula is C10H13N5OS. The second-order valence-electron chi connectivity index (χ2n) is 3.93. The zero-order valence-electron chi connectivity index (χ0n) is 9.81. The molecule has 0 fully saturated rings. The van der Waals surface area contributed by atoms with E-state index in [2.05, 4.69) is 25.5 Å². The molecule has 0 aliphatic heterocycles. The van der Waals surface area contributed by atoms with Gasteiger partial charge in [-0.15, -0.1) is 16.4 Å².